The number of methoxy groups -OCH3 is 1. The van der Waals surface area contributed by atoms with Crippen LogP contribution in [0, 0.1) is 13.8 Å². The summed E-state index contributed by atoms with van der Waals surface area (Å²) in [6.07, 6.45) is 1.69. The van der Waals surface area contributed by atoms with Crippen LogP contribution in [0.3, 0.4) is 0 Å². The predicted octanol–water partition coefficient (Wildman–Crippen LogP) is 3.72. The van der Waals surface area contributed by atoms with Crippen LogP contribution in [-0.4, -0.2) is 23.3 Å². The molecule has 0 aliphatic carbocycles. The summed E-state index contributed by atoms with van der Waals surface area (Å²) in [7, 11) is 3.42. The first-order valence-corrected chi connectivity index (χ1v) is 8.74. The molecule has 134 valence electrons. The smallest absolute Gasteiger partial charge is 0.254 e. The van der Waals surface area contributed by atoms with Gasteiger partial charge in [-0.3, -0.25) is 4.79 Å². The molecule has 0 spiro atoms. The van der Waals surface area contributed by atoms with Gasteiger partial charge in [0.1, 0.15) is 5.75 Å². The van der Waals surface area contributed by atoms with Gasteiger partial charge in [0, 0.05) is 52.4 Å². The van der Waals surface area contributed by atoms with Gasteiger partial charge in [-0.15, -0.1) is 0 Å². The van der Waals surface area contributed by atoms with Crippen LogP contribution in [0.2, 0.25) is 0 Å². The summed E-state index contributed by atoms with van der Waals surface area (Å²) < 4.78 is 13.1. The Kier molecular flexibility index (Phi) is 3.75. The number of benzene rings is 1. The lowest BCUT2D eigenvalue weighted by Crippen LogP contribution is -2.21. The standard InChI is InChI=1S/C21H22N2O3/c1-11-10-26-19-13(3)18-16(9-15(11)19)17(12(2)21(24)23(18)4)14-7-6-8-22-20(14)25-5/h6-9,11H,10H2,1-5H3. The van der Waals surface area contributed by atoms with Gasteiger partial charge in [-0.05, 0) is 32.0 Å². The molecule has 26 heavy (non-hydrogen) atoms. The molecule has 1 aromatic carbocycles. The molecule has 1 unspecified atom stereocenters. The van der Waals surface area contributed by atoms with Gasteiger partial charge in [0.15, 0.2) is 0 Å². The summed E-state index contributed by atoms with van der Waals surface area (Å²) in [4.78, 5) is 17.3. The topological polar surface area (TPSA) is 53.3 Å². The highest BCUT2D eigenvalue weighted by atomic mass is 16.5. The van der Waals surface area contributed by atoms with Crippen LogP contribution in [0.1, 0.15) is 29.5 Å². The second-order valence-electron chi connectivity index (χ2n) is 6.95. The van der Waals surface area contributed by atoms with Crippen molar-refractivity contribution in [3.63, 3.8) is 0 Å². The van der Waals surface area contributed by atoms with E-state index in [2.05, 4.69) is 18.0 Å². The van der Waals surface area contributed by atoms with Crippen LogP contribution in [0.5, 0.6) is 11.6 Å². The molecule has 0 saturated carbocycles. The van der Waals surface area contributed by atoms with E-state index in [1.807, 2.05) is 33.0 Å². The fourth-order valence-electron chi connectivity index (χ4n) is 4.05. The summed E-state index contributed by atoms with van der Waals surface area (Å²) in [5.41, 5.74) is 5.49. The molecule has 1 aliphatic rings. The van der Waals surface area contributed by atoms with Gasteiger partial charge in [0.05, 0.1) is 19.2 Å². The Morgan fingerprint density at radius 3 is 2.81 bits per heavy atom. The third-order valence-corrected chi connectivity index (χ3v) is 5.36. The number of hydrogen-bond donors (Lipinski definition) is 0. The van der Waals surface area contributed by atoms with Gasteiger partial charge >= 0.3 is 0 Å². The van der Waals surface area contributed by atoms with Crippen molar-refractivity contribution in [2.75, 3.05) is 13.7 Å². The molecule has 2 aromatic heterocycles. The van der Waals surface area contributed by atoms with Crippen LogP contribution < -0.4 is 15.0 Å². The molecule has 1 atom stereocenters. The van der Waals surface area contributed by atoms with Crippen LogP contribution in [0.25, 0.3) is 22.0 Å². The number of pyridine rings is 2. The molecule has 3 heterocycles. The monoisotopic (exact) mass is 350 g/mol. The minimum Gasteiger partial charge on any atom is -0.492 e. The fraction of sp³-hybridized carbons (Fsp3) is 0.333. The zero-order chi connectivity index (χ0) is 18.6. The number of nitrogens with zero attached hydrogens (tertiary/aromatic N) is 2. The van der Waals surface area contributed by atoms with Crippen molar-refractivity contribution in [1.82, 2.24) is 9.55 Å². The van der Waals surface area contributed by atoms with E-state index in [0.717, 1.165) is 33.3 Å². The Bertz CT molecular complexity index is 1100. The number of rotatable bonds is 2. The van der Waals surface area contributed by atoms with Gasteiger partial charge in [0.25, 0.3) is 5.56 Å². The highest BCUT2D eigenvalue weighted by Crippen LogP contribution is 2.44. The Morgan fingerprint density at radius 1 is 1.31 bits per heavy atom. The molecule has 5 heteroatoms. The molecule has 0 bridgehead atoms. The van der Waals surface area contributed by atoms with E-state index in [9.17, 15) is 4.79 Å². The van der Waals surface area contributed by atoms with Crippen LogP contribution in [0.4, 0.5) is 0 Å². The molecular formula is C21H22N2O3. The third-order valence-electron chi connectivity index (χ3n) is 5.36. The zero-order valence-electron chi connectivity index (χ0n) is 15.7. The molecule has 1 aliphatic heterocycles. The van der Waals surface area contributed by atoms with E-state index in [4.69, 9.17) is 9.47 Å². The Balaban J connectivity index is 2.22. The van der Waals surface area contributed by atoms with E-state index in [1.165, 1.54) is 5.56 Å². The number of hydrogen-bond acceptors (Lipinski definition) is 4. The van der Waals surface area contributed by atoms with E-state index >= 15 is 0 Å². The largest absolute Gasteiger partial charge is 0.492 e. The number of fused-ring (bicyclic) bond motifs is 2. The predicted molar refractivity (Wildman–Crippen MR) is 102 cm³/mol. The first-order valence-electron chi connectivity index (χ1n) is 8.74. The van der Waals surface area contributed by atoms with Crippen molar-refractivity contribution in [1.29, 1.82) is 0 Å². The van der Waals surface area contributed by atoms with Crippen molar-refractivity contribution in [2.45, 2.75) is 26.7 Å². The van der Waals surface area contributed by atoms with Crippen LogP contribution in [-0.2, 0) is 7.05 Å². The average Bonchev–Trinajstić information content (AvgIpc) is 3.01. The van der Waals surface area contributed by atoms with Gasteiger partial charge in [-0.1, -0.05) is 6.92 Å². The minimum atomic E-state index is -0.0208. The maximum absolute atomic E-state index is 13.0. The minimum absolute atomic E-state index is 0.0208. The SMILES string of the molecule is COc1ncccc1-c1c(C)c(=O)n(C)c2c(C)c3c(cc12)C(C)CO3. The Hall–Kier alpha value is -2.82. The molecule has 0 N–H and O–H groups in total. The number of aromatic nitrogens is 2. The first-order chi connectivity index (χ1) is 12.5. The van der Waals surface area contributed by atoms with Crippen molar-refractivity contribution in [3.8, 4) is 22.8 Å². The molecule has 3 aromatic rings. The molecule has 0 amide bonds. The van der Waals surface area contributed by atoms with Crippen molar-refractivity contribution < 1.29 is 9.47 Å². The summed E-state index contributed by atoms with van der Waals surface area (Å²) in [5.74, 6) is 1.76. The van der Waals surface area contributed by atoms with E-state index in [-0.39, 0.29) is 5.56 Å². The molecule has 0 fully saturated rings. The maximum Gasteiger partial charge on any atom is 0.254 e. The fourth-order valence-corrected chi connectivity index (χ4v) is 4.05. The van der Waals surface area contributed by atoms with Gasteiger partial charge in [-0.2, -0.15) is 0 Å². The molecule has 4 rings (SSSR count). The van der Waals surface area contributed by atoms with Gasteiger partial charge in [-0.25, -0.2) is 4.98 Å². The lowest BCUT2D eigenvalue weighted by atomic mass is 9.91. The highest BCUT2D eigenvalue weighted by Gasteiger charge is 2.27. The van der Waals surface area contributed by atoms with E-state index in [0.29, 0.717) is 24.0 Å². The summed E-state index contributed by atoms with van der Waals surface area (Å²) in [6, 6.07) is 5.99. The Labute approximate surface area is 152 Å². The van der Waals surface area contributed by atoms with Crippen molar-refractivity contribution in [3.05, 3.63) is 51.4 Å². The summed E-state index contributed by atoms with van der Waals surface area (Å²) in [5, 5.41) is 1.03. The molecule has 0 saturated heterocycles. The van der Waals surface area contributed by atoms with Gasteiger partial charge < -0.3 is 14.0 Å². The number of aryl methyl sites for hydroxylation is 2. The Morgan fingerprint density at radius 2 is 2.08 bits per heavy atom. The molecular weight excluding hydrogens is 328 g/mol. The lowest BCUT2D eigenvalue weighted by Gasteiger charge is -2.19. The average molecular weight is 350 g/mol. The third kappa shape index (κ3) is 2.16. The normalized spacial score (nSPS) is 15.8. The highest BCUT2D eigenvalue weighted by molar-refractivity contribution is 6.00. The zero-order valence-corrected chi connectivity index (χ0v) is 15.7. The first kappa shape index (κ1) is 16.6. The summed E-state index contributed by atoms with van der Waals surface area (Å²) >= 11 is 0. The molecule has 0 radical (unpaired) electrons. The maximum atomic E-state index is 13.0. The second kappa shape index (κ2) is 5.87. The van der Waals surface area contributed by atoms with Crippen LogP contribution >= 0.6 is 0 Å². The summed E-state index contributed by atoms with van der Waals surface area (Å²) in [6.45, 7) is 6.73. The molecule has 5 nitrogen and oxygen atoms in total. The van der Waals surface area contributed by atoms with E-state index in [1.54, 1.807) is 17.9 Å². The van der Waals surface area contributed by atoms with Crippen LogP contribution in [0.15, 0.2) is 29.2 Å². The quantitative estimate of drug-likeness (QED) is 0.707. The lowest BCUT2D eigenvalue weighted by molar-refractivity contribution is 0.336. The van der Waals surface area contributed by atoms with Crippen molar-refractivity contribution in [2.24, 2.45) is 7.05 Å². The van der Waals surface area contributed by atoms with Crippen molar-refractivity contribution >= 4 is 10.9 Å². The second-order valence-corrected chi connectivity index (χ2v) is 6.95. The van der Waals surface area contributed by atoms with Gasteiger partial charge in [0.2, 0.25) is 5.88 Å². The van der Waals surface area contributed by atoms with E-state index < -0.39 is 0 Å². The number of ether oxygens (including phenoxy) is 2.